The number of hydrogen-bond donors (Lipinski definition) is 2. The van der Waals surface area contributed by atoms with Crippen molar-refractivity contribution in [1.82, 2.24) is 4.31 Å². The number of halogens is 1. The summed E-state index contributed by atoms with van der Waals surface area (Å²) in [5.74, 6) is 0. The van der Waals surface area contributed by atoms with Gasteiger partial charge in [-0.15, -0.1) is 0 Å². The monoisotopic (exact) mass is 336 g/mol. The fourth-order valence-corrected chi connectivity index (χ4v) is 4.29. The zero-order valence-electron chi connectivity index (χ0n) is 10.3. The Morgan fingerprint density at radius 2 is 2.06 bits per heavy atom. The largest absolute Gasteiger partial charge is 0.399 e. The molecule has 0 aliphatic rings. The third kappa shape index (κ3) is 3.23. The first kappa shape index (κ1) is 15.4. The molecule has 0 saturated heterocycles. The molecule has 1 rings (SSSR count). The molecule has 0 fully saturated rings. The van der Waals surface area contributed by atoms with Gasteiger partial charge in [0.25, 0.3) is 0 Å². The average Bonchev–Trinajstić information content (AvgIpc) is 2.24. The van der Waals surface area contributed by atoms with E-state index >= 15 is 0 Å². The maximum atomic E-state index is 12.4. The van der Waals surface area contributed by atoms with E-state index in [1.165, 1.54) is 16.4 Å². The molecule has 0 saturated carbocycles. The summed E-state index contributed by atoms with van der Waals surface area (Å²) in [6.45, 7) is 3.37. The SMILES string of the molecule is CC(C)N(CCO)S(=O)(=O)c1ccc(N)cc1Br. The Kier molecular flexibility index (Phi) is 5.15. The molecule has 7 heteroatoms. The maximum Gasteiger partial charge on any atom is 0.244 e. The lowest BCUT2D eigenvalue weighted by Gasteiger charge is -2.25. The number of nitrogens with zero attached hydrogens (tertiary/aromatic N) is 1. The maximum absolute atomic E-state index is 12.4. The number of hydrogen-bond acceptors (Lipinski definition) is 4. The van der Waals surface area contributed by atoms with Crippen LogP contribution in [0, 0.1) is 0 Å². The van der Waals surface area contributed by atoms with Crippen LogP contribution in [0.4, 0.5) is 5.69 Å². The van der Waals surface area contributed by atoms with Gasteiger partial charge in [-0.05, 0) is 48.0 Å². The van der Waals surface area contributed by atoms with Crippen molar-refractivity contribution < 1.29 is 13.5 Å². The van der Waals surface area contributed by atoms with E-state index in [0.29, 0.717) is 10.2 Å². The van der Waals surface area contributed by atoms with Gasteiger partial charge in [0.1, 0.15) is 0 Å². The van der Waals surface area contributed by atoms with Crippen LogP contribution in [0.15, 0.2) is 27.6 Å². The number of aliphatic hydroxyl groups is 1. The zero-order valence-corrected chi connectivity index (χ0v) is 12.7. The summed E-state index contributed by atoms with van der Waals surface area (Å²) in [7, 11) is -3.64. The van der Waals surface area contributed by atoms with Gasteiger partial charge in [0.05, 0.1) is 11.5 Å². The summed E-state index contributed by atoms with van der Waals surface area (Å²) < 4.78 is 26.6. The zero-order chi connectivity index (χ0) is 13.9. The van der Waals surface area contributed by atoms with Gasteiger partial charge in [-0.3, -0.25) is 0 Å². The topological polar surface area (TPSA) is 83.6 Å². The number of benzene rings is 1. The van der Waals surface area contributed by atoms with Crippen LogP contribution in [0.5, 0.6) is 0 Å². The van der Waals surface area contributed by atoms with Gasteiger partial charge in [0.2, 0.25) is 10.0 Å². The summed E-state index contributed by atoms with van der Waals surface area (Å²) >= 11 is 3.20. The van der Waals surface area contributed by atoms with Crippen LogP contribution >= 0.6 is 15.9 Å². The number of sulfonamides is 1. The molecule has 0 unspecified atom stereocenters. The second-order valence-corrected chi connectivity index (χ2v) is 6.84. The molecule has 1 aromatic carbocycles. The van der Waals surface area contributed by atoms with E-state index in [0.717, 1.165) is 0 Å². The number of anilines is 1. The van der Waals surface area contributed by atoms with E-state index in [9.17, 15) is 8.42 Å². The van der Waals surface area contributed by atoms with Crippen molar-refractivity contribution in [1.29, 1.82) is 0 Å². The highest BCUT2D eigenvalue weighted by molar-refractivity contribution is 9.10. The molecule has 3 N–H and O–H groups in total. The van der Waals surface area contributed by atoms with Crippen LogP contribution in [0.1, 0.15) is 13.8 Å². The molecule has 0 amide bonds. The summed E-state index contributed by atoms with van der Waals surface area (Å²) in [5, 5.41) is 8.97. The highest BCUT2D eigenvalue weighted by atomic mass is 79.9. The fourth-order valence-electron chi connectivity index (χ4n) is 1.61. The molecule has 0 aliphatic heterocycles. The molecular formula is C11H17BrN2O3S. The molecule has 0 atom stereocenters. The summed E-state index contributed by atoms with van der Waals surface area (Å²) in [6, 6.07) is 4.31. The summed E-state index contributed by atoms with van der Waals surface area (Å²) in [5.41, 5.74) is 6.07. The van der Waals surface area contributed by atoms with Crippen molar-refractivity contribution in [2.24, 2.45) is 0 Å². The van der Waals surface area contributed by atoms with Crippen molar-refractivity contribution in [3.8, 4) is 0 Å². The molecule has 0 aliphatic carbocycles. The van der Waals surface area contributed by atoms with Crippen molar-refractivity contribution in [2.45, 2.75) is 24.8 Å². The Balaban J connectivity index is 3.26. The molecular weight excluding hydrogens is 320 g/mol. The third-order valence-corrected chi connectivity index (χ3v) is 5.49. The van der Waals surface area contributed by atoms with Crippen LogP contribution < -0.4 is 5.73 Å². The van der Waals surface area contributed by atoms with E-state index in [4.69, 9.17) is 10.8 Å². The van der Waals surface area contributed by atoms with E-state index in [2.05, 4.69) is 15.9 Å². The second-order valence-electron chi connectivity index (χ2n) is 4.12. The normalized spacial score (nSPS) is 12.3. The molecule has 102 valence electrons. The molecule has 0 aromatic heterocycles. The Morgan fingerprint density at radius 3 is 2.50 bits per heavy atom. The van der Waals surface area contributed by atoms with Gasteiger partial charge < -0.3 is 10.8 Å². The van der Waals surface area contributed by atoms with Crippen LogP contribution in [0.3, 0.4) is 0 Å². The first-order valence-corrected chi connectivity index (χ1v) is 7.71. The Hall–Kier alpha value is -0.630. The van der Waals surface area contributed by atoms with E-state index in [1.807, 2.05) is 0 Å². The highest BCUT2D eigenvalue weighted by Gasteiger charge is 2.28. The molecule has 5 nitrogen and oxygen atoms in total. The lowest BCUT2D eigenvalue weighted by molar-refractivity contribution is 0.236. The van der Waals surface area contributed by atoms with Crippen molar-refractivity contribution in [2.75, 3.05) is 18.9 Å². The second kappa shape index (κ2) is 6.01. The predicted octanol–water partition coefficient (Wildman–Crippen LogP) is 1.42. The summed E-state index contributed by atoms with van der Waals surface area (Å²) in [4.78, 5) is 0.152. The van der Waals surface area contributed by atoms with Gasteiger partial charge in [-0.1, -0.05) is 0 Å². The van der Waals surface area contributed by atoms with Gasteiger partial charge in [-0.25, -0.2) is 8.42 Å². The lowest BCUT2D eigenvalue weighted by Crippen LogP contribution is -2.39. The van der Waals surface area contributed by atoms with Crippen LogP contribution in [0.2, 0.25) is 0 Å². The van der Waals surface area contributed by atoms with E-state index in [-0.39, 0.29) is 24.1 Å². The summed E-state index contributed by atoms with van der Waals surface area (Å²) in [6.07, 6.45) is 0. The minimum Gasteiger partial charge on any atom is -0.399 e. The average molecular weight is 337 g/mol. The minimum atomic E-state index is -3.64. The lowest BCUT2D eigenvalue weighted by atomic mass is 10.3. The van der Waals surface area contributed by atoms with Crippen LogP contribution in [-0.2, 0) is 10.0 Å². The molecule has 0 bridgehead atoms. The van der Waals surface area contributed by atoms with Gasteiger partial charge in [0.15, 0.2) is 0 Å². The molecule has 0 radical (unpaired) electrons. The molecule has 18 heavy (non-hydrogen) atoms. The van der Waals surface area contributed by atoms with E-state index in [1.54, 1.807) is 19.9 Å². The fraction of sp³-hybridized carbons (Fsp3) is 0.455. The number of rotatable bonds is 5. The molecule has 0 spiro atoms. The minimum absolute atomic E-state index is 0.0663. The highest BCUT2D eigenvalue weighted by Crippen LogP contribution is 2.27. The third-order valence-electron chi connectivity index (χ3n) is 2.44. The van der Waals surface area contributed by atoms with Crippen LogP contribution in [-0.4, -0.2) is 37.0 Å². The molecule has 0 heterocycles. The van der Waals surface area contributed by atoms with Crippen molar-refractivity contribution in [3.05, 3.63) is 22.7 Å². The van der Waals surface area contributed by atoms with Crippen LogP contribution in [0.25, 0.3) is 0 Å². The Labute approximate surface area is 116 Å². The number of aliphatic hydroxyl groups excluding tert-OH is 1. The standard InChI is InChI=1S/C11H17BrN2O3S/c1-8(2)14(5-6-15)18(16,17)11-4-3-9(13)7-10(11)12/h3-4,7-8,15H,5-6,13H2,1-2H3. The van der Waals surface area contributed by atoms with Gasteiger partial charge in [-0.2, -0.15) is 4.31 Å². The van der Waals surface area contributed by atoms with E-state index < -0.39 is 10.0 Å². The quantitative estimate of drug-likeness (QED) is 0.796. The van der Waals surface area contributed by atoms with Crippen molar-refractivity contribution >= 4 is 31.6 Å². The first-order chi connectivity index (χ1) is 8.30. The van der Waals surface area contributed by atoms with Gasteiger partial charge >= 0.3 is 0 Å². The Bertz CT molecular complexity index is 517. The van der Waals surface area contributed by atoms with Crippen molar-refractivity contribution in [3.63, 3.8) is 0 Å². The predicted molar refractivity (Wildman–Crippen MR) is 74.7 cm³/mol. The Morgan fingerprint density at radius 1 is 1.44 bits per heavy atom. The molecule has 1 aromatic rings. The van der Waals surface area contributed by atoms with Gasteiger partial charge in [0, 0.05) is 22.7 Å². The smallest absolute Gasteiger partial charge is 0.244 e. The first-order valence-electron chi connectivity index (χ1n) is 5.48. The number of nitrogens with two attached hydrogens (primary N) is 1. The number of nitrogen functional groups attached to an aromatic ring is 1.